The molecule has 0 aliphatic rings. The Kier molecular flexibility index (Phi) is 4.30. The summed E-state index contributed by atoms with van der Waals surface area (Å²) < 4.78 is 1.73. The number of aryl methyl sites for hydroxylation is 1. The number of nitrogens with zero attached hydrogens (tertiary/aromatic N) is 2. The van der Waals surface area contributed by atoms with Gasteiger partial charge in [0, 0.05) is 34.9 Å². The molecule has 27 heavy (non-hydrogen) atoms. The van der Waals surface area contributed by atoms with Crippen molar-refractivity contribution in [3.63, 3.8) is 0 Å². The molecular weight excluding hydrogens is 340 g/mol. The molecule has 0 radical (unpaired) electrons. The highest BCUT2D eigenvalue weighted by molar-refractivity contribution is 6.45. The largest absolute Gasteiger partial charge is 0.358 e. The van der Waals surface area contributed by atoms with Gasteiger partial charge in [-0.25, -0.2) is 4.68 Å². The van der Waals surface area contributed by atoms with E-state index in [2.05, 4.69) is 15.4 Å². The van der Waals surface area contributed by atoms with Gasteiger partial charge in [0.25, 0.3) is 11.7 Å². The number of amides is 1. The van der Waals surface area contributed by atoms with Gasteiger partial charge in [-0.05, 0) is 25.1 Å². The van der Waals surface area contributed by atoms with Crippen LogP contribution >= 0.6 is 0 Å². The van der Waals surface area contributed by atoms with E-state index >= 15 is 0 Å². The highest BCUT2D eigenvalue weighted by atomic mass is 16.2. The molecule has 0 saturated carbocycles. The Morgan fingerprint density at radius 2 is 1.81 bits per heavy atom. The van der Waals surface area contributed by atoms with Gasteiger partial charge in [-0.15, -0.1) is 0 Å². The summed E-state index contributed by atoms with van der Waals surface area (Å²) in [6.45, 7) is 2.03. The highest BCUT2D eigenvalue weighted by Gasteiger charge is 2.22. The lowest BCUT2D eigenvalue weighted by molar-refractivity contribution is -0.117. The first kappa shape index (κ1) is 16.8. The van der Waals surface area contributed by atoms with Crippen LogP contribution in [0.15, 0.2) is 67.0 Å². The molecule has 134 valence electrons. The van der Waals surface area contributed by atoms with Gasteiger partial charge >= 0.3 is 0 Å². The molecule has 2 N–H and O–H groups in total. The number of aromatic nitrogens is 3. The molecule has 2 aromatic carbocycles. The van der Waals surface area contributed by atoms with Crippen molar-refractivity contribution in [3.05, 3.63) is 83.8 Å². The fraction of sp³-hybridized carbons (Fsp3) is 0.0952. The van der Waals surface area contributed by atoms with Crippen LogP contribution in [0.5, 0.6) is 0 Å². The molecule has 0 atom stereocenters. The molecule has 2 aromatic heterocycles. The molecule has 4 rings (SSSR count). The van der Waals surface area contributed by atoms with Crippen molar-refractivity contribution in [2.45, 2.75) is 13.5 Å². The Morgan fingerprint density at radius 1 is 1.07 bits per heavy atom. The molecule has 0 spiro atoms. The summed E-state index contributed by atoms with van der Waals surface area (Å²) in [5.74, 6) is -1.17. The summed E-state index contributed by atoms with van der Waals surface area (Å²) >= 11 is 0. The number of Topliss-reactive ketones (excluding diaryl/α,β-unsaturated/α-hetero) is 1. The fourth-order valence-electron chi connectivity index (χ4n) is 3.12. The van der Waals surface area contributed by atoms with Gasteiger partial charge in [0.05, 0.1) is 17.4 Å². The van der Waals surface area contributed by atoms with E-state index in [1.165, 1.54) is 0 Å². The van der Waals surface area contributed by atoms with Crippen molar-refractivity contribution in [1.29, 1.82) is 0 Å². The number of benzene rings is 2. The molecule has 0 aliphatic carbocycles. The number of H-pyrrole nitrogens is 1. The van der Waals surface area contributed by atoms with E-state index < -0.39 is 11.7 Å². The van der Waals surface area contributed by atoms with E-state index in [0.717, 1.165) is 22.2 Å². The predicted molar refractivity (Wildman–Crippen MR) is 103 cm³/mol. The minimum Gasteiger partial charge on any atom is -0.358 e. The zero-order chi connectivity index (χ0) is 18.8. The smallest absolute Gasteiger partial charge is 0.292 e. The summed E-state index contributed by atoms with van der Waals surface area (Å²) in [5, 5.41) is 7.73. The molecule has 0 unspecified atom stereocenters. The number of para-hydroxylation sites is 2. The molecule has 0 bridgehead atoms. The van der Waals surface area contributed by atoms with Gasteiger partial charge in [0.1, 0.15) is 0 Å². The van der Waals surface area contributed by atoms with E-state index in [4.69, 9.17) is 0 Å². The molecular formula is C21H18N4O2. The van der Waals surface area contributed by atoms with Crippen LogP contribution < -0.4 is 5.32 Å². The Bertz CT molecular complexity index is 1130. The number of hydrogen-bond acceptors (Lipinski definition) is 3. The summed E-state index contributed by atoms with van der Waals surface area (Å²) in [7, 11) is 0. The van der Waals surface area contributed by atoms with E-state index in [-0.39, 0.29) is 6.54 Å². The molecule has 0 fully saturated rings. The molecule has 4 aromatic rings. The molecule has 1 amide bonds. The van der Waals surface area contributed by atoms with Gasteiger partial charge in [0.15, 0.2) is 0 Å². The van der Waals surface area contributed by atoms with Crippen LogP contribution in [0.4, 0.5) is 0 Å². The molecule has 0 saturated heterocycles. The SMILES string of the molecule is Cc1[nH]c2ccccc2c1C(=O)C(=O)NCc1cnn(-c2ccccc2)c1. The van der Waals surface area contributed by atoms with Crippen LogP contribution in [-0.2, 0) is 11.3 Å². The third-order valence-electron chi connectivity index (χ3n) is 4.44. The molecule has 0 aliphatic heterocycles. The number of carbonyl (C=O) groups is 2. The third kappa shape index (κ3) is 3.25. The van der Waals surface area contributed by atoms with Gasteiger partial charge in [0.2, 0.25) is 0 Å². The van der Waals surface area contributed by atoms with Crippen LogP contribution in [0, 0.1) is 6.92 Å². The van der Waals surface area contributed by atoms with Crippen LogP contribution in [0.25, 0.3) is 16.6 Å². The van der Waals surface area contributed by atoms with Crippen molar-refractivity contribution in [2.75, 3.05) is 0 Å². The number of rotatable bonds is 5. The van der Waals surface area contributed by atoms with Crippen LogP contribution in [-0.4, -0.2) is 26.5 Å². The van der Waals surface area contributed by atoms with E-state index in [0.29, 0.717) is 11.3 Å². The first-order chi connectivity index (χ1) is 13.1. The number of fused-ring (bicyclic) bond motifs is 1. The molecule has 6 heteroatoms. The minimum absolute atomic E-state index is 0.235. The number of nitrogens with one attached hydrogen (secondary N) is 2. The maximum Gasteiger partial charge on any atom is 0.292 e. The standard InChI is InChI=1S/C21H18N4O2/c1-14-19(17-9-5-6-10-18(17)24-14)20(26)21(27)22-11-15-12-23-25(13-15)16-7-3-2-4-8-16/h2-10,12-13,24H,11H2,1H3,(H,22,27). The fourth-order valence-corrected chi connectivity index (χ4v) is 3.12. The first-order valence-corrected chi connectivity index (χ1v) is 8.62. The van der Waals surface area contributed by atoms with Gasteiger partial charge in [-0.3, -0.25) is 9.59 Å². The minimum atomic E-state index is -0.629. The first-order valence-electron chi connectivity index (χ1n) is 8.62. The maximum absolute atomic E-state index is 12.6. The maximum atomic E-state index is 12.6. The summed E-state index contributed by atoms with van der Waals surface area (Å²) in [6.07, 6.45) is 3.51. The van der Waals surface area contributed by atoms with Crippen molar-refractivity contribution in [2.24, 2.45) is 0 Å². The van der Waals surface area contributed by atoms with Crippen molar-refractivity contribution in [1.82, 2.24) is 20.1 Å². The van der Waals surface area contributed by atoms with Gasteiger partial charge < -0.3 is 10.3 Å². The topological polar surface area (TPSA) is 79.8 Å². The second kappa shape index (κ2) is 6.92. The zero-order valence-electron chi connectivity index (χ0n) is 14.8. The van der Waals surface area contributed by atoms with E-state index in [1.54, 1.807) is 17.8 Å². The normalized spacial score (nSPS) is 10.9. The van der Waals surface area contributed by atoms with Crippen LogP contribution in [0.2, 0.25) is 0 Å². The second-order valence-electron chi connectivity index (χ2n) is 6.31. The summed E-state index contributed by atoms with van der Waals surface area (Å²) in [5.41, 5.74) is 3.70. The predicted octanol–water partition coefficient (Wildman–Crippen LogP) is 3.16. The monoisotopic (exact) mass is 358 g/mol. The quantitative estimate of drug-likeness (QED) is 0.425. The van der Waals surface area contributed by atoms with Crippen LogP contribution in [0.1, 0.15) is 21.6 Å². The Hall–Kier alpha value is -3.67. The lowest BCUT2D eigenvalue weighted by atomic mass is 10.1. The third-order valence-corrected chi connectivity index (χ3v) is 4.44. The number of carbonyl (C=O) groups excluding carboxylic acids is 2. The van der Waals surface area contributed by atoms with Crippen molar-refractivity contribution >= 4 is 22.6 Å². The second-order valence-corrected chi connectivity index (χ2v) is 6.31. The Labute approximate surface area is 155 Å². The van der Waals surface area contributed by atoms with Crippen molar-refractivity contribution < 1.29 is 9.59 Å². The lowest BCUT2D eigenvalue weighted by Crippen LogP contribution is -2.30. The van der Waals surface area contributed by atoms with E-state index in [1.807, 2.05) is 60.8 Å². The van der Waals surface area contributed by atoms with Crippen molar-refractivity contribution in [3.8, 4) is 5.69 Å². The molecule has 2 heterocycles. The zero-order valence-corrected chi connectivity index (χ0v) is 14.8. The Morgan fingerprint density at radius 3 is 2.63 bits per heavy atom. The van der Waals surface area contributed by atoms with Gasteiger partial charge in [-0.1, -0.05) is 36.4 Å². The number of hydrogen-bond donors (Lipinski definition) is 2. The number of ketones is 1. The summed E-state index contributed by atoms with van der Waals surface area (Å²) in [4.78, 5) is 28.2. The van der Waals surface area contributed by atoms with Crippen LogP contribution in [0.3, 0.4) is 0 Å². The van der Waals surface area contributed by atoms with Gasteiger partial charge in [-0.2, -0.15) is 5.10 Å². The average molecular weight is 358 g/mol. The number of aromatic amines is 1. The average Bonchev–Trinajstić information content (AvgIpc) is 3.30. The lowest BCUT2D eigenvalue weighted by Gasteiger charge is -2.03. The van der Waals surface area contributed by atoms with E-state index in [9.17, 15) is 9.59 Å². The molecule has 6 nitrogen and oxygen atoms in total. The Balaban J connectivity index is 1.47. The highest BCUT2D eigenvalue weighted by Crippen LogP contribution is 2.22. The summed E-state index contributed by atoms with van der Waals surface area (Å²) in [6, 6.07) is 17.1.